The second-order valence-corrected chi connectivity index (χ2v) is 8.36. The van der Waals surface area contributed by atoms with E-state index in [1.807, 2.05) is 12.1 Å². The number of hydrogen-bond donors (Lipinski definition) is 2. The molecule has 2 atom stereocenters. The van der Waals surface area contributed by atoms with Gasteiger partial charge >= 0.3 is 0 Å². The number of carbonyl (C=O) groups excluding carboxylic acids is 1. The summed E-state index contributed by atoms with van der Waals surface area (Å²) in [5, 5.41) is 7.23. The van der Waals surface area contributed by atoms with Crippen LogP contribution in [0.3, 0.4) is 0 Å². The van der Waals surface area contributed by atoms with Gasteiger partial charge in [0.05, 0.1) is 0 Å². The van der Waals surface area contributed by atoms with E-state index >= 15 is 0 Å². The van der Waals surface area contributed by atoms with Gasteiger partial charge in [-0.15, -0.1) is 0 Å². The van der Waals surface area contributed by atoms with Crippen LogP contribution in [0.1, 0.15) is 12.8 Å². The Kier molecular flexibility index (Phi) is 5.54. The number of halogens is 1. The lowest BCUT2D eigenvalue weighted by Crippen LogP contribution is -2.44. The monoisotopic (exact) mass is 455 g/mol. The third-order valence-corrected chi connectivity index (χ3v) is 5.95. The van der Waals surface area contributed by atoms with Crippen molar-refractivity contribution < 1.29 is 14.3 Å². The summed E-state index contributed by atoms with van der Waals surface area (Å²) in [7, 11) is 1.66. The van der Waals surface area contributed by atoms with Crippen LogP contribution in [-0.2, 0) is 21.3 Å². The molecule has 1 aromatic carbocycles. The van der Waals surface area contributed by atoms with Crippen molar-refractivity contribution in [2.24, 2.45) is 7.05 Å². The second kappa shape index (κ2) is 8.50. The van der Waals surface area contributed by atoms with Gasteiger partial charge in [0, 0.05) is 47.4 Å². The van der Waals surface area contributed by atoms with Gasteiger partial charge < -0.3 is 20.1 Å². The topological polar surface area (TPSA) is 107 Å². The molecule has 2 aliphatic rings. The maximum Gasteiger partial charge on any atom is 0.259 e. The minimum atomic E-state index is -0.675. The molecule has 0 unspecified atom stereocenters. The molecule has 10 heteroatoms. The Balaban J connectivity index is 1.36. The van der Waals surface area contributed by atoms with Crippen molar-refractivity contribution in [2.75, 3.05) is 18.7 Å². The van der Waals surface area contributed by atoms with Gasteiger partial charge in [-0.2, -0.15) is 4.98 Å². The van der Waals surface area contributed by atoms with Gasteiger partial charge in [0.15, 0.2) is 6.10 Å². The number of aryl methyl sites for hydroxylation is 1. The predicted molar refractivity (Wildman–Crippen MR) is 119 cm³/mol. The number of pyridine rings is 1. The van der Waals surface area contributed by atoms with Crippen molar-refractivity contribution in [1.29, 1.82) is 0 Å². The number of hydrogen-bond acceptors (Lipinski definition) is 7. The maximum absolute atomic E-state index is 13.0. The summed E-state index contributed by atoms with van der Waals surface area (Å²) < 4.78 is 12.5. The molecule has 1 aliphatic carbocycles. The van der Waals surface area contributed by atoms with Crippen LogP contribution >= 0.6 is 11.6 Å². The molecule has 2 fully saturated rings. The molecule has 1 aliphatic heterocycles. The first-order valence-electron chi connectivity index (χ1n) is 10.4. The van der Waals surface area contributed by atoms with E-state index in [9.17, 15) is 9.59 Å². The Hall–Kier alpha value is -3.01. The van der Waals surface area contributed by atoms with E-state index in [1.54, 1.807) is 31.4 Å². The van der Waals surface area contributed by atoms with Crippen molar-refractivity contribution in [3.05, 3.63) is 51.9 Å². The molecular formula is C22H22ClN5O4. The van der Waals surface area contributed by atoms with Crippen molar-refractivity contribution in [2.45, 2.75) is 31.1 Å². The molecule has 1 amide bonds. The van der Waals surface area contributed by atoms with Crippen molar-refractivity contribution >= 4 is 34.5 Å². The highest BCUT2D eigenvalue weighted by atomic mass is 35.5. The van der Waals surface area contributed by atoms with Gasteiger partial charge in [0.2, 0.25) is 5.95 Å². The van der Waals surface area contributed by atoms with E-state index in [0.717, 1.165) is 12.8 Å². The van der Waals surface area contributed by atoms with Crippen LogP contribution in [0.15, 0.2) is 41.3 Å². The first-order valence-corrected chi connectivity index (χ1v) is 10.8. The van der Waals surface area contributed by atoms with Gasteiger partial charge in [-0.05, 0) is 25.0 Å². The van der Waals surface area contributed by atoms with Crippen LogP contribution in [0.5, 0.6) is 0 Å². The quantitative estimate of drug-likeness (QED) is 0.586. The van der Waals surface area contributed by atoms with Crippen LogP contribution in [0, 0.1) is 0 Å². The van der Waals surface area contributed by atoms with E-state index < -0.39 is 12.2 Å². The molecule has 5 rings (SSSR count). The van der Waals surface area contributed by atoms with E-state index in [-0.39, 0.29) is 24.3 Å². The number of rotatable bonds is 6. The third kappa shape index (κ3) is 4.06. The minimum Gasteiger partial charge on any atom is -0.351 e. The van der Waals surface area contributed by atoms with Crippen molar-refractivity contribution in [3.63, 3.8) is 0 Å². The Bertz CT molecular complexity index is 1240. The summed E-state index contributed by atoms with van der Waals surface area (Å²) in [5.41, 5.74) is 1.42. The van der Waals surface area contributed by atoms with Crippen LogP contribution in [0.2, 0.25) is 5.02 Å². The van der Waals surface area contributed by atoms with Gasteiger partial charge in [-0.25, -0.2) is 4.98 Å². The van der Waals surface area contributed by atoms with E-state index in [4.69, 9.17) is 21.1 Å². The molecule has 3 aromatic rings. The number of nitrogens with one attached hydrogen (secondary N) is 2. The lowest BCUT2D eigenvalue weighted by atomic mass is 10.1. The first-order chi connectivity index (χ1) is 15.5. The highest BCUT2D eigenvalue weighted by molar-refractivity contribution is 6.33. The molecule has 0 radical (unpaired) electrons. The fourth-order valence-electron chi connectivity index (χ4n) is 3.71. The van der Waals surface area contributed by atoms with Crippen LogP contribution in [0.4, 0.5) is 5.95 Å². The van der Waals surface area contributed by atoms with E-state index in [0.29, 0.717) is 39.7 Å². The fourth-order valence-corrected chi connectivity index (χ4v) is 3.95. The maximum atomic E-state index is 13.0. The average molecular weight is 456 g/mol. The minimum absolute atomic E-state index is 0.0625. The highest BCUT2D eigenvalue weighted by Crippen LogP contribution is 2.27. The summed E-state index contributed by atoms with van der Waals surface area (Å²) in [6.07, 6.45) is 2.52. The summed E-state index contributed by atoms with van der Waals surface area (Å²) in [6, 6.07) is 9.20. The number of ether oxygens (including phenoxy) is 2. The molecular weight excluding hydrogens is 434 g/mol. The number of amides is 1. The standard InChI is InChI=1S/C22H22ClN5O4/c1-28-19-12(8-15(21(28)30)14-4-2-3-5-16(14)23)9-24-22(27-19)25-10-17-18(32-11-31-17)20(29)26-13-6-7-13/h2-5,8-9,13,17-18H,6-7,10-11H2,1H3,(H,26,29)(H,24,25,27)/t17-,18+/m0/s1. The fraction of sp³-hybridized carbons (Fsp3) is 0.364. The van der Waals surface area contributed by atoms with E-state index in [1.165, 1.54) is 4.57 Å². The average Bonchev–Trinajstić information content (AvgIpc) is 3.48. The number of fused-ring (bicyclic) bond motifs is 1. The molecule has 1 saturated heterocycles. The number of anilines is 1. The molecule has 9 nitrogen and oxygen atoms in total. The normalized spacial score (nSPS) is 20.4. The summed E-state index contributed by atoms with van der Waals surface area (Å²) >= 11 is 6.29. The molecule has 3 heterocycles. The number of benzene rings is 1. The largest absolute Gasteiger partial charge is 0.351 e. The lowest BCUT2D eigenvalue weighted by Gasteiger charge is -2.17. The zero-order valence-electron chi connectivity index (χ0n) is 17.4. The van der Waals surface area contributed by atoms with Crippen LogP contribution in [-0.4, -0.2) is 52.0 Å². The van der Waals surface area contributed by atoms with E-state index in [2.05, 4.69) is 20.6 Å². The second-order valence-electron chi connectivity index (χ2n) is 7.95. The molecule has 0 bridgehead atoms. The van der Waals surface area contributed by atoms with Gasteiger partial charge in [0.1, 0.15) is 18.5 Å². The molecule has 166 valence electrons. The van der Waals surface area contributed by atoms with Crippen molar-refractivity contribution in [3.8, 4) is 11.1 Å². The molecule has 0 spiro atoms. The highest BCUT2D eigenvalue weighted by Gasteiger charge is 2.37. The molecule has 2 N–H and O–H groups in total. The Morgan fingerprint density at radius 2 is 2.06 bits per heavy atom. The zero-order chi connectivity index (χ0) is 22.2. The zero-order valence-corrected chi connectivity index (χ0v) is 18.1. The van der Waals surface area contributed by atoms with Crippen molar-refractivity contribution in [1.82, 2.24) is 19.9 Å². The Morgan fingerprint density at radius 3 is 2.84 bits per heavy atom. The lowest BCUT2D eigenvalue weighted by molar-refractivity contribution is -0.130. The van der Waals surface area contributed by atoms with Gasteiger partial charge in [0.25, 0.3) is 11.5 Å². The number of nitrogens with zero attached hydrogens (tertiary/aromatic N) is 3. The summed E-state index contributed by atoms with van der Waals surface area (Å²) in [6.45, 7) is 0.354. The predicted octanol–water partition coefficient (Wildman–Crippen LogP) is 2.08. The SMILES string of the molecule is Cn1c(=O)c(-c2ccccc2Cl)cc2cnc(NC[C@@H]3OCO[C@H]3C(=O)NC3CC3)nc21. The smallest absolute Gasteiger partial charge is 0.259 e. The van der Waals surface area contributed by atoms with Gasteiger partial charge in [-0.3, -0.25) is 14.2 Å². The number of aromatic nitrogens is 3. The van der Waals surface area contributed by atoms with Crippen LogP contribution in [0.25, 0.3) is 22.2 Å². The Labute approximate surface area is 188 Å². The van der Waals surface area contributed by atoms with Gasteiger partial charge in [-0.1, -0.05) is 29.8 Å². The Morgan fingerprint density at radius 1 is 1.25 bits per heavy atom. The number of carbonyl (C=O) groups is 1. The molecule has 1 saturated carbocycles. The van der Waals surface area contributed by atoms with Crippen LogP contribution < -0.4 is 16.2 Å². The summed E-state index contributed by atoms with van der Waals surface area (Å²) in [5.74, 6) is 0.167. The molecule has 32 heavy (non-hydrogen) atoms. The molecule has 2 aromatic heterocycles. The first kappa shape index (κ1) is 20.9. The third-order valence-electron chi connectivity index (χ3n) is 5.62. The summed E-state index contributed by atoms with van der Waals surface area (Å²) in [4.78, 5) is 34.1.